The van der Waals surface area contributed by atoms with Crippen molar-refractivity contribution in [2.75, 3.05) is 19.6 Å². The van der Waals surface area contributed by atoms with Crippen LogP contribution in [0.25, 0.3) is 0 Å². The van der Waals surface area contributed by atoms with Gasteiger partial charge in [-0.1, -0.05) is 6.42 Å². The number of carbonyl (C=O) groups is 1. The van der Waals surface area contributed by atoms with Crippen LogP contribution in [0.15, 0.2) is 0 Å². The third kappa shape index (κ3) is 1.40. The van der Waals surface area contributed by atoms with E-state index < -0.39 is 0 Å². The monoisotopic (exact) mass is 208 g/mol. The van der Waals surface area contributed by atoms with Crippen molar-refractivity contribution in [1.82, 2.24) is 4.90 Å². The average Bonchev–Trinajstić information content (AvgIpc) is 2.74. The Bertz CT molecular complexity index is 273. The van der Waals surface area contributed by atoms with Gasteiger partial charge >= 0.3 is 0 Å². The standard InChI is InChI=1S/C12H20N2O/c13-8-12(4-5-12)11(15)14-6-9-2-1-3-10(9)7-14/h9-10H,1-8,13H2. The largest absolute Gasteiger partial charge is 0.342 e. The van der Waals surface area contributed by atoms with Crippen LogP contribution in [-0.2, 0) is 4.79 Å². The summed E-state index contributed by atoms with van der Waals surface area (Å²) in [6.07, 6.45) is 6.09. The molecule has 3 aliphatic rings. The van der Waals surface area contributed by atoms with Gasteiger partial charge in [-0.3, -0.25) is 4.79 Å². The molecule has 84 valence electrons. The molecule has 0 spiro atoms. The van der Waals surface area contributed by atoms with E-state index >= 15 is 0 Å². The zero-order valence-corrected chi connectivity index (χ0v) is 9.24. The predicted octanol–water partition coefficient (Wildman–Crippen LogP) is 0.984. The fourth-order valence-corrected chi connectivity index (χ4v) is 3.39. The summed E-state index contributed by atoms with van der Waals surface area (Å²) in [6, 6.07) is 0. The Morgan fingerprint density at radius 1 is 1.27 bits per heavy atom. The van der Waals surface area contributed by atoms with E-state index in [4.69, 9.17) is 5.73 Å². The maximum absolute atomic E-state index is 12.2. The molecule has 3 heteroatoms. The van der Waals surface area contributed by atoms with Crippen LogP contribution in [0.2, 0.25) is 0 Å². The molecule has 1 aliphatic heterocycles. The first-order chi connectivity index (χ1) is 7.25. The van der Waals surface area contributed by atoms with Gasteiger partial charge in [-0.15, -0.1) is 0 Å². The SMILES string of the molecule is NCC1(C(=O)N2CC3CCCC3C2)CC1. The highest BCUT2D eigenvalue weighted by Gasteiger charge is 2.52. The summed E-state index contributed by atoms with van der Waals surface area (Å²) >= 11 is 0. The molecule has 1 saturated heterocycles. The van der Waals surface area contributed by atoms with Crippen molar-refractivity contribution in [2.24, 2.45) is 23.0 Å². The van der Waals surface area contributed by atoms with Gasteiger partial charge in [0.2, 0.25) is 5.91 Å². The van der Waals surface area contributed by atoms with Crippen molar-refractivity contribution in [3.05, 3.63) is 0 Å². The van der Waals surface area contributed by atoms with Gasteiger partial charge in [0.25, 0.3) is 0 Å². The van der Waals surface area contributed by atoms with Crippen LogP contribution in [-0.4, -0.2) is 30.4 Å². The van der Waals surface area contributed by atoms with Crippen LogP contribution in [0.1, 0.15) is 32.1 Å². The first-order valence-electron chi connectivity index (χ1n) is 6.25. The van der Waals surface area contributed by atoms with E-state index in [1.807, 2.05) is 0 Å². The molecular formula is C12H20N2O. The van der Waals surface area contributed by atoms with Crippen LogP contribution >= 0.6 is 0 Å². The second-order valence-corrected chi connectivity index (χ2v) is 5.65. The summed E-state index contributed by atoms with van der Waals surface area (Å²) in [7, 11) is 0. The lowest BCUT2D eigenvalue weighted by Crippen LogP contribution is -2.39. The Kier molecular flexibility index (Phi) is 2.06. The van der Waals surface area contributed by atoms with Crippen LogP contribution in [0, 0.1) is 17.3 Å². The smallest absolute Gasteiger partial charge is 0.230 e. The van der Waals surface area contributed by atoms with Crippen LogP contribution in [0.5, 0.6) is 0 Å². The third-order valence-electron chi connectivity index (χ3n) is 4.71. The zero-order chi connectivity index (χ0) is 10.5. The quantitative estimate of drug-likeness (QED) is 0.735. The second kappa shape index (κ2) is 3.21. The van der Waals surface area contributed by atoms with Gasteiger partial charge in [-0.2, -0.15) is 0 Å². The summed E-state index contributed by atoms with van der Waals surface area (Å²) in [5.74, 6) is 1.98. The molecule has 0 bridgehead atoms. The van der Waals surface area contributed by atoms with Gasteiger partial charge in [0, 0.05) is 19.6 Å². The minimum Gasteiger partial charge on any atom is -0.342 e. The van der Waals surface area contributed by atoms with E-state index in [9.17, 15) is 4.79 Å². The minimum atomic E-state index is -0.126. The fraction of sp³-hybridized carbons (Fsp3) is 0.917. The molecule has 0 radical (unpaired) electrons. The summed E-state index contributed by atoms with van der Waals surface area (Å²) < 4.78 is 0. The fourth-order valence-electron chi connectivity index (χ4n) is 3.39. The number of rotatable bonds is 2. The van der Waals surface area contributed by atoms with Gasteiger partial charge in [0.15, 0.2) is 0 Å². The van der Waals surface area contributed by atoms with Crippen molar-refractivity contribution in [3.8, 4) is 0 Å². The Morgan fingerprint density at radius 2 is 1.87 bits per heavy atom. The number of likely N-dealkylation sites (tertiary alicyclic amines) is 1. The van der Waals surface area contributed by atoms with Crippen molar-refractivity contribution < 1.29 is 4.79 Å². The lowest BCUT2D eigenvalue weighted by molar-refractivity contribution is -0.135. The van der Waals surface area contributed by atoms with Crippen LogP contribution in [0.3, 0.4) is 0 Å². The normalized spacial score (nSPS) is 36.7. The number of fused-ring (bicyclic) bond motifs is 1. The Labute approximate surface area is 91.0 Å². The van der Waals surface area contributed by atoms with E-state index in [0.29, 0.717) is 12.5 Å². The highest BCUT2D eigenvalue weighted by atomic mass is 16.2. The van der Waals surface area contributed by atoms with Gasteiger partial charge in [0.1, 0.15) is 0 Å². The molecular weight excluding hydrogens is 188 g/mol. The van der Waals surface area contributed by atoms with Crippen molar-refractivity contribution in [2.45, 2.75) is 32.1 Å². The molecule has 2 N–H and O–H groups in total. The number of hydrogen-bond acceptors (Lipinski definition) is 2. The molecule has 0 aromatic rings. The molecule has 0 aromatic heterocycles. The second-order valence-electron chi connectivity index (χ2n) is 5.65. The number of nitrogens with zero attached hydrogens (tertiary/aromatic N) is 1. The summed E-state index contributed by atoms with van der Waals surface area (Å²) in [6.45, 7) is 2.59. The molecule has 3 rings (SSSR count). The highest BCUT2D eigenvalue weighted by molar-refractivity contribution is 5.86. The Balaban J connectivity index is 1.67. The minimum absolute atomic E-state index is 0.126. The third-order valence-corrected chi connectivity index (χ3v) is 4.71. The van der Waals surface area contributed by atoms with Crippen molar-refractivity contribution >= 4 is 5.91 Å². The van der Waals surface area contributed by atoms with E-state index in [2.05, 4.69) is 4.90 Å². The molecule has 2 unspecified atom stereocenters. The van der Waals surface area contributed by atoms with Crippen molar-refractivity contribution in [3.63, 3.8) is 0 Å². The maximum Gasteiger partial charge on any atom is 0.230 e. The molecule has 3 nitrogen and oxygen atoms in total. The Hall–Kier alpha value is -0.570. The molecule has 2 aliphatic carbocycles. The molecule has 1 heterocycles. The number of hydrogen-bond donors (Lipinski definition) is 1. The lowest BCUT2D eigenvalue weighted by Gasteiger charge is -2.22. The number of nitrogens with two attached hydrogens (primary N) is 1. The van der Waals surface area contributed by atoms with Gasteiger partial charge < -0.3 is 10.6 Å². The van der Waals surface area contributed by atoms with Crippen LogP contribution in [0.4, 0.5) is 0 Å². The van der Waals surface area contributed by atoms with Crippen molar-refractivity contribution in [1.29, 1.82) is 0 Å². The lowest BCUT2D eigenvalue weighted by atomic mass is 10.0. The summed E-state index contributed by atoms with van der Waals surface area (Å²) in [4.78, 5) is 14.3. The molecule has 15 heavy (non-hydrogen) atoms. The maximum atomic E-state index is 12.2. The average molecular weight is 208 g/mol. The number of amides is 1. The van der Waals surface area contributed by atoms with E-state index in [1.54, 1.807) is 0 Å². The molecule has 2 atom stereocenters. The summed E-state index contributed by atoms with van der Waals surface area (Å²) in [5, 5.41) is 0. The van der Waals surface area contributed by atoms with E-state index in [-0.39, 0.29) is 5.41 Å². The summed E-state index contributed by atoms with van der Waals surface area (Å²) in [5.41, 5.74) is 5.58. The van der Waals surface area contributed by atoms with Gasteiger partial charge in [-0.25, -0.2) is 0 Å². The van der Waals surface area contributed by atoms with E-state index in [1.165, 1.54) is 19.3 Å². The first kappa shape index (κ1) is 9.64. The van der Waals surface area contributed by atoms with Gasteiger partial charge in [-0.05, 0) is 37.5 Å². The highest BCUT2D eigenvalue weighted by Crippen LogP contribution is 2.48. The van der Waals surface area contributed by atoms with Crippen LogP contribution < -0.4 is 5.73 Å². The Morgan fingerprint density at radius 3 is 2.33 bits per heavy atom. The molecule has 3 fully saturated rings. The van der Waals surface area contributed by atoms with Gasteiger partial charge in [0.05, 0.1) is 5.41 Å². The molecule has 2 saturated carbocycles. The number of carbonyl (C=O) groups excluding carboxylic acids is 1. The molecule has 1 amide bonds. The zero-order valence-electron chi connectivity index (χ0n) is 9.24. The predicted molar refractivity (Wildman–Crippen MR) is 58.1 cm³/mol. The first-order valence-corrected chi connectivity index (χ1v) is 6.25. The topological polar surface area (TPSA) is 46.3 Å². The molecule has 0 aromatic carbocycles. The van der Waals surface area contributed by atoms with E-state index in [0.717, 1.165) is 37.8 Å².